The second kappa shape index (κ2) is 10.8. The van der Waals surface area contributed by atoms with Crippen LogP contribution in [0.4, 0.5) is 11.4 Å². The number of nitrogens with zero attached hydrogens (tertiary/aromatic N) is 2. The average molecular weight is 448 g/mol. The molecule has 170 valence electrons. The highest BCUT2D eigenvalue weighted by molar-refractivity contribution is 7.92. The maximum Gasteiger partial charge on any atom is 0.229 e. The highest BCUT2D eigenvalue weighted by Crippen LogP contribution is 2.29. The molecule has 8 heteroatoms. The summed E-state index contributed by atoms with van der Waals surface area (Å²) >= 11 is 0. The molecule has 0 amide bonds. The summed E-state index contributed by atoms with van der Waals surface area (Å²) in [5.74, 6) is -0.159. The second-order valence-corrected chi connectivity index (χ2v) is 9.93. The lowest BCUT2D eigenvalue weighted by atomic mass is 10.0. The van der Waals surface area contributed by atoms with Crippen molar-refractivity contribution in [1.82, 2.24) is 4.90 Å². The van der Waals surface area contributed by atoms with Crippen molar-refractivity contribution in [3.8, 4) is 5.75 Å². The van der Waals surface area contributed by atoms with Crippen LogP contribution in [0.25, 0.3) is 0 Å². The molecule has 0 aliphatic carbocycles. The summed E-state index contributed by atoms with van der Waals surface area (Å²) in [6.07, 6.45) is 3.95. The Hall–Kier alpha value is -2.29. The van der Waals surface area contributed by atoms with Gasteiger partial charge < -0.3 is 15.1 Å². The van der Waals surface area contributed by atoms with Crippen LogP contribution < -0.4 is 9.62 Å². The molecule has 3 N–H and O–H groups in total. The Morgan fingerprint density at radius 3 is 2.39 bits per heavy atom. The standard InChI is InChI=1S/C23H33N3O4S/c1-31(29,30)24-21-18-19(11-12-23(21)28)22(27)10-6-3-7-13-25-14-16-26(17-15-25)20-8-4-2-5-9-20/h2,4-5,8-9,11-12,18,22,24,27-28H,3,6-7,10,13-17H2,1H3. The first kappa shape index (κ1) is 23.4. The number of sulfonamides is 1. The van der Waals surface area contributed by atoms with Gasteiger partial charge in [0.1, 0.15) is 5.75 Å². The van der Waals surface area contributed by atoms with E-state index in [-0.39, 0.29) is 11.4 Å². The highest BCUT2D eigenvalue weighted by Gasteiger charge is 2.17. The van der Waals surface area contributed by atoms with E-state index in [0.29, 0.717) is 12.0 Å². The summed E-state index contributed by atoms with van der Waals surface area (Å²) in [6.45, 7) is 5.31. The number of benzene rings is 2. The molecule has 2 aromatic rings. The Morgan fingerprint density at radius 2 is 1.71 bits per heavy atom. The Balaban J connectivity index is 1.35. The fraction of sp³-hybridized carbons (Fsp3) is 0.478. The minimum Gasteiger partial charge on any atom is -0.506 e. The van der Waals surface area contributed by atoms with Gasteiger partial charge in [0.2, 0.25) is 10.0 Å². The van der Waals surface area contributed by atoms with Crippen LogP contribution in [0.3, 0.4) is 0 Å². The molecule has 3 rings (SSSR count). The summed E-state index contributed by atoms with van der Waals surface area (Å²) in [7, 11) is -3.50. The molecule has 1 fully saturated rings. The first-order chi connectivity index (χ1) is 14.8. The molecular formula is C23H33N3O4S. The predicted octanol–water partition coefficient (Wildman–Crippen LogP) is 3.18. The molecule has 0 saturated carbocycles. The van der Waals surface area contributed by atoms with Crippen LogP contribution in [0, 0.1) is 0 Å². The summed E-state index contributed by atoms with van der Waals surface area (Å²) < 4.78 is 25.1. The van der Waals surface area contributed by atoms with Crippen LogP contribution in [-0.4, -0.2) is 62.5 Å². The molecule has 1 aliphatic heterocycles. The number of unbranched alkanes of at least 4 members (excludes halogenated alkanes) is 2. The minimum absolute atomic E-state index is 0.0914. The molecule has 0 radical (unpaired) electrons. The van der Waals surface area contributed by atoms with Gasteiger partial charge in [0.25, 0.3) is 0 Å². The average Bonchev–Trinajstić information content (AvgIpc) is 2.75. The normalized spacial score (nSPS) is 16.3. The Kier molecular flexibility index (Phi) is 8.17. The number of aliphatic hydroxyl groups excluding tert-OH is 1. The van der Waals surface area contributed by atoms with Crippen molar-refractivity contribution in [1.29, 1.82) is 0 Å². The number of aliphatic hydroxyl groups is 1. The zero-order valence-corrected chi connectivity index (χ0v) is 18.9. The minimum atomic E-state index is -3.50. The predicted molar refractivity (Wildman–Crippen MR) is 125 cm³/mol. The molecule has 31 heavy (non-hydrogen) atoms. The molecule has 0 bridgehead atoms. The molecule has 1 unspecified atom stereocenters. The number of phenols is 1. The third-order valence-electron chi connectivity index (χ3n) is 5.65. The van der Waals surface area contributed by atoms with E-state index in [0.717, 1.165) is 58.2 Å². The monoisotopic (exact) mass is 447 g/mol. The Morgan fingerprint density at radius 1 is 1.00 bits per heavy atom. The first-order valence-electron chi connectivity index (χ1n) is 10.8. The largest absolute Gasteiger partial charge is 0.506 e. The van der Waals surface area contributed by atoms with Gasteiger partial charge in [0, 0.05) is 31.9 Å². The molecular weight excluding hydrogens is 414 g/mol. The number of nitrogens with one attached hydrogen (secondary N) is 1. The molecule has 1 aliphatic rings. The zero-order valence-electron chi connectivity index (χ0n) is 18.1. The third kappa shape index (κ3) is 7.41. The van der Waals surface area contributed by atoms with Crippen LogP contribution in [0.2, 0.25) is 0 Å². The van der Waals surface area contributed by atoms with E-state index in [2.05, 4.69) is 38.8 Å². The van der Waals surface area contributed by atoms with Gasteiger partial charge >= 0.3 is 0 Å². The summed E-state index contributed by atoms with van der Waals surface area (Å²) in [5, 5.41) is 20.3. The molecule has 7 nitrogen and oxygen atoms in total. The van der Waals surface area contributed by atoms with E-state index in [1.165, 1.54) is 17.8 Å². The van der Waals surface area contributed by atoms with Crippen molar-refractivity contribution < 1.29 is 18.6 Å². The van der Waals surface area contributed by atoms with E-state index in [1.807, 2.05) is 6.07 Å². The van der Waals surface area contributed by atoms with Gasteiger partial charge in [-0.05, 0) is 49.2 Å². The number of hydrogen-bond acceptors (Lipinski definition) is 6. The van der Waals surface area contributed by atoms with Gasteiger partial charge in [-0.2, -0.15) is 0 Å². The van der Waals surface area contributed by atoms with Crippen LogP contribution in [0.15, 0.2) is 48.5 Å². The molecule has 2 aromatic carbocycles. The van der Waals surface area contributed by atoms with E-state index in [9.17, 15) is 18.6 Å². The lowest BCUT2D eigenvalue weighted by molar-refractivity contribution is 0.162. The SMILES string of the molecule is CS(=O)(=O)Nc1cc(C(O)CCCCCN2CCN(c3ccccc3)CC2)ccc1O. The maximum absolute atomic E-state index is 11.4. The summed E-state index contributed by atoms with van der Waals surface area (Å²) in [6, 6.07) is 15.1. The molecule has 0 aromatic heterocycles. The maximum atomic E-state index is 11.4. The quantitative estimate of drug-likeness (QED) is 0.383. The van der Waals surface area contributed by atoms with Gasteiger partial charge in [-0.3, -0.25) is 9.62 Å². The number of rotatable bonds is 10. The van der Waals surface area contributed by atoms with Crippen molar-refractivity contribution >= 4 is 21.4 Å². The number of para-hydroxylation sites is 1. The molecule has 0 spiro atoms. The van der Waals surface area contributed by atoms with Crippen molar-refractivity contribution in [2.75, 3.05) is 48.6 Å². The summed E-state index contributed by atoms with van der Waals surface area (Å²) in [5.41, 5.74) is 1.98. The van der Waals surface area contributed by atoms with Gasteiger partial charge in [-0.1, -0.05) is 37.1 Å². The number of hydrogen-bond donors (Lipinski definition) is 3. The number of phenolic OH excluding ortho intramolecular Hbond substituents is 1. The third-order valence-corrected chi connectivity index (χ3v) is 6.24. The molecule has 1 saturated heterocycles. The van der Waals surface area contributed by atoms with Gasteiger partial charge in [-0.15, -0.1) is 0 Å². The number of piperazine rings is 1. The van der Waals surface area contributed by atoms with Crippen molar-refractivity contribution in [2.24, 2.45) is 0 Å². The van der Waals surface area contributed by atoms with Crippen molar-refractivity contribution in [3.63, 3.8) is 0 Å². The number of anilines is 2. The van der Waals surface area contributed by atoms with Gasteiger partial charge in [-0.25, -0.2) is 8.42 Å². The van der Waals surface area contributed by atoms with Crippen molar-refractivity contribution in [2.45, 2.75) is 31.8 Å². The van der Waals surface area contributed by atoms with Gasteiger partial charge in [0.15, 0.2) is 0 Å². The highest BCUT2D eigenvalue weighted by atomic mass is 32.2. The first-order valence-corrected chi connectivity index (χ1v) is 12.7. The van der Waals surface area contributed by atoms with Crippen LogP contribution >= 0.6 is 0 Å². The van der Waals surface area contributed by atoms with Crippen LogP contribution in [-0.2, 0) is 10.0 Å². The Labute approximate surface area is 185 Å². The van der Waals surface area contributed by atoms with Gasteiger partial charge in [0.05, 0.1) is 18.0 Å². The molecule has 1 atom stereocenters. The lowest BCUT2D eigenvalue weighted by Crippen LogP contribution is -2.46. The fourth-order valence-electron chi connectivity index (χ4n) is 3.93. The lowest BCUT2D eigenvalue weighted by Gasteiger charge is -2.36. The van der Waals surface area contributed by atoms with E-state index in [4.69, 9.17) is 0 Å². The Bertz CT molecular complexity index is 929. The smallest absolute Gasteiger partial charge is 0.229 e. The van der Waals surface area contributed by atoms with Crippen molar-refractivity contribution in [3.05, 3.63) is 54.1 Å². The molecule has 1 heterocycles. The second-order valence-electron chi connectivity index (χ2n) is 8.18. The van der Waals surface area contributed by atoms with E-state index < -0.39 is 16.1 Å². The van der Waals surface area contributed by atoms with E-state index in [1.54, 1.807) is 6.07 Å². The van der Waals surface area contributed by atoms with Crippen LogP contribution in [0.5, 0.6) is 5.75 Å². The van der Waals surface area contributed by atoms with E-state index >= 15 is 0 Å². The fourth-order valence-corrected chi connectivity index (χ4v) is 4.49. The summed E-state index contributed by atoms with van der Waals surface area (Å²) in [4.78, 5) is 4.93. The number of aromatic hydroxyl groups is 1. The topological polar surface area (TPSA) is 93.1 Å². The zero-order chi connectivity index (χ0) is 22.3. The van der Waals surface area contributed by atoms with Crippen LogP contribution in [0.1, 0.15) is 37.4 Å².